The predicted molar refractivity (Wildman–Crippen MR) is 41.6 cm³/mol. The molecule has 0 bridgehead atoms. The Kier molecular flexibility index (Phi) is 2.92. The summed E-state index contributed by atoms with van der Waals surface area (Å²) < 4.78 is 24.6. The van der Waals surface area contributed by atoms with Gasteiger partial charge in [0.2, 0.25) is 5.28 Å². The maximum atomic E-state index is 12.7. The van der Waals surface area contributed by atoms with E-state index in [2.05, 4.69) is 9.97 Å². The van der Waals surface area contributed by atoms with Crippen molar-refractivity contribution in [2.45, 2.75) is 13.1 Å². The van der Waals surface area contributed by atoms with Gasteiger partial charge >= 0.3 is 0 Å². The van der Waals surface area contributed by atoms with Crippen LogP contribution in [-0.2, 0) is 0 Å². The Morgan fingerprint density at radius 3 is 2.75 bits per heavy atom. The van der Waals surface area contributed by atoms with Gasteiger partial charge in [-0.3, -0.25) is 0 Å². The van der Waals surface area contributed by atoms with Gasteiger partial charge in [-0.2, -0.15) is 0 Å². The molecule has 0 aliphatic rings. The Morgan fingerprint density at radius 2 is 2.25 bits per heavy atom. The fourth-order valence-corrected chi connectivity index (χ4v) is 1.03. The maximum Gasteiger partial charge on any atom is 0.222 e. The van der Waals surface area contributed by atoms with Gasteiger partial charge in [0.25, 0.3) is 0 Å². The van der Waals surface area contributed by atoms with Gasteiger partial charge < -0.3 is 0 Å². The lowest BCUT2D eigenvalue weighted by Gasteiger charge is -2.03. The van der Waals surface area contributed by atoms with E-state index in [1.54, 1.807) is 6.92 Å². The molecule has 1 aromatic rings. The maximum absolute atomic E-state index is 12.7. The number of nitrogens with zero attached hydrogens (tertiary/aromatic N) is 2. The third-order valence-corrected chi connectivity index (χ3v) is 1.47. The van der Waals surface area contributed by atoms with E-state index in [9.17, 15) is 8.78 Å². The minimum atomic E-state index is -1.70. The zero-order chi connectivity index (χ0) is 9.14. The second kappa shape index (κ2) is 3.76. The first-order valence-electron chi connectivity index (χ1n) is 3.34. The van der Waals surface area contributed by atoms with Gasteiger partial charge in [-0.15, -0.1) is 0 Å². The molecule has 0 amide bonds. The largest absolute Gasteiger partial charge is 0.247 e. The van der Waals surface area contributed by atoms with Crippen molar-refractivity contribution >= 4 is 11.6 Å². The summed E-state index contributed by atoms with van der Waals surface area (Å²) in [6.45, 7) is 0.550. The third-order valence-electron chi connectivity index (χ3n) is 1.30. The number of hydrogen-bond acceptors (Lipinski definition) is 2. The normalized spacial score (nSPS) is 13.0. The molecule has 66 valence electrons. The fraction of sp³-hybridized carbons (Fsp3) is 0.429. The van der Waals surface area contributed by atoms with Crippen molar-refractivity contribution in [2.75, 3.05) is 6.67 Å². The highest BCUT2D eigenvalue weighted by atomic mass is 35.5. The zero-order valence-electron chi connectivity index (χ0n) is 6.39. The first-order valence-corrected chi connectivity index (χ1v) is 3.72. The second-order valence-electron chi connectivity index (χ2n) is 2.33. The fourth-order valence-electron chi connectivity index (χ4n) is 0.795. The Morgan fingerprint density at radius 1 is 1.58 bits per heavy atom. The van der Waals surface area contributed by atoms with Gasteiger partial charge in [0.05, 0.1) is 5.69 Å². The standard InChI is InChI=1S/C7H7ClF2N2/c1-4-2-6(5(10)3-9)12-7(8)11-4/h2,5H,3H2,1H3. The number of hydrogen-bond donors (Lipinski definition) is 0. The van der Waals surface area contributed by atoms with Crippen LogP contribution in [0.1, 0.15) is 17.6 Å². The molecule has 1 rings (SSSR count). The van der Waals surface area contributed by atoms with Gasteiger partial charge in [0, 0.05) is 5.69 Å². The molecule has 0 spiro atoms. The van der Waals surface area contributed by atoms with Crippen molar-refractivity contribution in [3.8, 4) is 0 Å². The average molecular weight is 193 g/mol. The lowest BCUT2D eigenvalue weighted by atomic mass is 10.2. The van der Waals surface area contributed by atoms with Gasteiger partial charge in [0.15, 0.2) is 6.17 Å². The molecule has 1 atom stereocenters. The Labute approximate surface area is 73.6 Å². The molecule has 0 aliphatic carbocycles. The van der Waals surface area contributed by atoms with Gasteiger partial charge in [-0.25, -0.2) is 18.7 Å². The summed E-state index contributed by atoms with van der Waals surface area (Å²) in [6, 6.07) is 1.37. The molecule has 1 aromatic heterocycles. The molecule has 0 N–H and O–H groups in total. The van der Waals surface area contributed by atoms with Crippen LogP contribution in [0.4, 0.5) is 8.78 Å². The highest BCUT2D eigenvalue weighted by molar-refractivity contribution is 6.28. The molecule has 0 saturated heterocycles. The van der Waals surface area contributed by atoms with E-state index in [0.717, 1.165) is 0 Å². The molecule has 0 aromatic carbocycles. The highest BCUT2D eigenvalue weighted by Crippen LogP contribution is 2.17. The topological polar surface area (TPSA) is 25.8 Å². The Bertz CT molecular complexity index is 260. The van der Waals surface area contributed by atoms with Crippen molar-refractivity contribution in [3.63, 3.8) is 0 Å². The first kappa shape index (κ1) is 9.32. The van der Waals surface area contributed by atoms with Crippen LogP contribution in [-0.4, -0.2) is 16.6 Å². The van der Waals surface area contributed by atoms with E-state index in [1.807, 2.05) is 0 Å². The summed E-state index contributed by atoms with van der Waals surface area (Å²) in [4.78, 5) is 7.26. The number of halogens is 3. The zero-order valence-corrected chi connectivity index (χ0v) is 7.15. The van der Waals surface area contributed by atoms with Gasteiger partial charge in [-0.05, 0) is 24.6 Å². The molecule has 2 nitrogen and oxygen atoms in total. The van der Waals surface area contributed by atoms with Crippen LogP contribution in [0.3, 0.4) is 0 Å². The highest BCUT2D eigenvalue weighted by Gasteiger charge is 2.12. The lowest BCUT2D eigenvalue weighted by Crippen LogP contribution is -2.00. The van der Waals surface area contributed by atoms with Gasteiger partial charge in [0.1, 0.15) is 6.67 Å². The van der Waals surface area contributed by atoms with E-state index in [-0.39, 0.29) is 11.0 Å². The number of aromatic nitrogens is 2. The molecule has 0 aliphatic heterocycles. The van der Waals surface area contributed by atoms with E-state index in [4.69, 9.17) is 11.6 Å². The van der Waals surface area contributed by atoms with E-state index >= 15 is 0 Å². The molecule has 5 heteroatoms. The quantitative estimate of drug-likeness (QED) is 0.673. The van der Waals surface area contributed by atoms with Crippen molar-refractivity contribution in [2.24, 2.45) is 0 Å². The molecule has 0 saturated carbocycles. The van der Waals surface area contributed by atoms with E-state index in [0.29, 0.717) is 5.69 Å². The Hall–Kier alpha value is -0.770. The molecule has 1 heterocycles. The lowest BCUT2D eigenvalue weighted by molar-refractivity contribution is 0.260. The van der Waals surface area contributed by atoms with E-state index in [1.165, 1.54) is 6.07 Å². The minimum absolute atomic E-state index is 0.00463. The van der Waals surface area contributed by atoms with Crippen LogP contribution >= 0.6 is 11.6 Å². The summed E-state index contributed by atoms with van der Waals surface area (Å²) in [7, 11) is 0. The van der Waals surface area contributed by atoms with E-state index < -0.39 is 12.8 Å². The number of rotatable bonds is 2. The SMILES string of the molecule is Cc1cc(C(F)CF)nc(Cl)n1. The minimum Gasteiger partial charge on any atom is -0.247 e. The molecular formula is C7H7ClF2N2. The number of alkyl halides is 2. The summed E-state index contributed by atoms with van der Waals surface area (Å²) in [5.74, 6) is 0. The monoisotopic (exact) mass is 192 g/mol. The van der Waals surface area contributed by atoms with Crippen LogP contribution in [0, 0.1) is 6.92 Å². The van der Waals surface area contributed by atoms with Crippen LogP contribution in [0.5, 0.6) is 0 Å². The van der Waals surface area contributed by atoms with Crippen LogP contribution < -0.4 is 0 Å². The second-order valence-corrected chi connectivity index (χ2v) is 2.66. The van der Waals surface area contributed by atoms with Crippen molar-refractivity contribution in [3.05, 3.63) is 22.7 Å². The van der Waals surface area contributed by atoms with Crippen LogP contribution in [0.25, 0.3) is 0 Å². The van der Waals surface area contributed by atoms with Crippen LogP contribution in [0.15, 0.2) is 6.07 Å². The Balaban J connectivity index is 3.00. The average Bonchev–Trinajstić information content (AvgIpc) is 2.01. The summed E-state index contributed by atoms with van der Waals surface area (Å²) in [5.41, 5.74) is 0.524. The van der Waals surface area contributed by atoms with Crippen molar-refractivity contribution in [1.82, 2.24) is 9.97 Å². The summed E-state index contributed by atoms with van der Waals surface area (Å²) in [5, 5.41) is -0.0545. The summed E-state index contributed by atoms with van der Waals surface area (Å²) >= 11 is 5.44. The molecule has 0 fully saturated rings. The molecule has 0 radical (unpaired) electrons. The van der Waals surface area contributed by atoms with Gasteiger partial charge in [-0.1, -0.05) is 0 Å². The number of aryl methyl sites for hydroxylation is 1. The molecule has 12 heavy (non-hydrogen) atoms. The first-order chi connectivity index (χ1) is 5.63. The predicted octanol–water partition coefficient (Wildman–Crippen LogP) is 2.42. The van der Waals surface area contributed by atoms with Crippen LogP contribution in [0.2, 0.25) is 5.28 Å². The van der Waals surface area contributed by atoms with Crippen molar-refractivity contribution < 1.29 is 8.78 Å². The van der Waals surface area contributed by atoms with Crippen molar-refractivity contribution in [1.29, 1.82) is 0 Å². The smallest absolute Gasteiger partial charge is 0.222 e. The molecular weight excluding hydrogens is 186 g/mol. The third kappa shape index (κ3) is 2.11. The molecule has 1 unspecified atom stereocenters. The summed E-state index contributed by atoms with van der Waals surface area (Å²) in [6.07, 6.45) is -1.70.